The quantitative estimate of drug-likeness (QED) is 0.204. The highest BCUT2D eigenvalue weighted by Gasteiger charge is 2.29. The van der Waals surface area contributed by atoms with Gasteiger partial charge < -0.3 is 0 Å². The van der Waals surface area contributed by atoms with Gasteiger partial charge in [-0.2, -0.15) is 0 Å². The van der Waals surface area contributed by atoms with Crippen LogP contribution in [0.3, 0.4) is 0 Å². The molecule has 2 aliphatic carbocycles. The maximum atomic E-state index is 2.37. The van der Waals surface area contributed by atoms with Gasteiger partial charge in [-0.3, -0.25) is 0 Å². The molecule has 10 rings (SSSR count). The van der Waals surface area contributed by atoms with Crippen LogP contribution in [0, 0.1) is 0 Å². The molecule has 0 heteroatoms. The Morgan fingerprint density at radius 2 is 0.636 bits per heavy atom. The van der Waals surface area contributed by atoms with Gasteiger partial charge in [0.2, 0.25) is 0 Å². The van der Waals surface area contributed by atoms with Gasteiger partial charge in [-0.05, 0) is 99.4 Å². The van der Waals surface area contributed by atoms with E-state index < -0.39 is 0 Å². The van der Waals surface area contributed by atoms with Crippen molar-refractivity contribution in [3.05, 3.63) is 158 Å². The summed E-state index contributed by atoms with van der Waals surface area (Å²) in [6.07, 6.45) is 0. The fraction of sp³-hybridized carbons (Fsp3) is 0. The van der Waals surface area contributed by atoms with Crippen molar-refractivity contribution in [2.75, 3.05) is 0 Å². The lowest BCUT2D eigenvalue weighted by Gasteiger charge is -2.21. The number of rotatable bonds is 3. The van der Waals surface area contributed by atoms with Crippen LogP contribution in [-0.2, 0) is 0 Å². The van der Waals surface area contributed by atoms with Crippen molar-refractivity contribution < 1.29 is 0 Å². The Kier molecular flexibility index (Phi) is 4.81. The first kappa shape index (κ1) is 23.8. The Morgan fingerprint density at radius 1 is 0.205 bits per heavy atom. The summed E-state index contributed by atoms with van der Waals surface area (Å²) in [5.41, 5.74) is 18.3. The maximum absolute atomic E-state index is 2.37. The summed E-state index contributed by atoms with van der Waals surface area (Å²) < 4.78 is 0. The van der Waals surface area contributed by atoms with Gasteiger partial charge >= 0.3 is 0 Å². The van der Waals surface area contributed by atoms with Crippen molar-refractivity contribution in [3.8, 4) is 77.9 Å². The molecule has 2 aliphatic rings. The first-order valence-electron chi connectivity index (χ1n) is 15.4. The molecule has 0 saturated carbocycles. The molecular weight excluding hydrogens is 528 g/mol. The van der Waals surface area contributed by atoms with Crippen LogP contribution in [0.5, 0.6) is 0 Å². The van der Waals surface area contributed by atoms with E-state index in [1.807, 2.05) is 0 Å². The van der Waals surface area contributed by atoms with Gasteiger partial charge in [0.05, 0.1) is 0 Å². The molecule has 0 bridgehead atoms. The average Bonchev–Trinajstić information content (AvgIpc) is 3.62. The Balaban J connectivity index is 1.37. The van der Waals surface area contributed by atoms with Gasteiger partial charge in [0, 0.05) is 0 Å². The predicted molar refractivity (Wildman–Crippen MR) is 187 cm³/mol. The third kappa shape index (κ3) is 3.12. The summed E-state index contributed by atoms with van der Waals surface area (Å²) in [4.78, 5) is 0. The number of hydrogen-bond donors (Lipinski definition) is 0. The Morgan fingerprint density at radius 3 is 1.27 bits per heavy atom. The number of hydrogen-bond acceptors (Lipinski definition) is 0. The minimum absolute atomic E-state index is 1.23. The van der Waals surface area contributed by atoms with Crippen molar-refractivity contribution in [1.29, 1.82) is 0 Å². The van der Waals surface area contributed by atoms with Crippen molar-refractivity contribution in [3.63, 3.8) is 0 Å². The zero-order chi connectivity index (χ0) is 28.8. The van der Waals surface area contributed by atoms with E-state index in [0.717, 1.165) is 0 Å². The van der Waals surface area contributed by atoms with E-state index in [1.54, 1.807) is 0 Å². The second kappa shape index (κ2) is 8.89. The summed E-state index contributed by atoms with van der Waals surface area (Å²) in [6.45, 7) is 0. The second-order valence-electron chi connectivity index (χ2n) is 12.0. The topological polar surface area (TPSA) is 0 Å². The zero-order valence-corrected chi connectivity index (χ0v) is 24.0. The maximum Gasteiger partial charge on any atom is -0.00139 e. The van der Waals surface area contributed by atoms with Gasteiger partial charge in [-0.25, -0.2) is 0 Å². The lowest BCUT2D eigenvalue weighted by Crippen LogP contribution is -1.94. The van der Waals surface area contributed by atoms with E-state index in [-0.39, 0.29) is 0 Å². The molecule has 0 atom stereocenters. The molecule has 0 aliphatic heterocycles. The van der Waals surface area contributed by atoms with Crippen LogP contribution in [-0.4, -0.2) is 0 Å². The first-order chi connectivity index (χ1) is 21.9. The van der Waals surface area contributed by atoms with E-state index in [9.17, 15) is 0 Å². The van der Waals surface area contributed by atoms with Crippen LogP contribution in [0.1, 0.15) is 0 Å². The Labute approximate surface area is 256 Å². The average molecular weight is 555 g/mol. The van der Waals surface area contributed by atoms with E-state index in [0.29, 0.717) is 0 Å². The van der Waals surface area contributed by atoms with Gasteiger partial charge in [-0.1, -0.05) is 158 Å². The predicted octanol–water partition coefficient (Wildman–Crippen LogP) is 12.3. The third-order valence-corrected chi connectivity index (χ3v) is 9.77. The molecule has 44 heavy (non-hydrogen) atoms. The molecule has 8 aromatic rings. The van der Waals surface area contributed by atoms with Crippen LogP contribution in [0.15, 0.2) is 158 Å². The molecule has 0 heterocycles. The highest BCUT2D eigenvalue weighted by Crippen LogP contribution is 2.56. The summed E-state index contributed by atoms with van der Waals surface area (Å²) in [7, 11) is 0. The molecule has 202 valence electrons. The van der Waals surface area contributed by atoms with Crippen LogP contribution < -0.4 is 0 Å². The third-order valence-electron chi connectivity index (χ3n) is 9.77. The normalized spacial score (nSPS) is 12.1. The minimum Gasteiger partial charge on any atom is -0.0622 e. The van der Waals surface area contributed by atoms with Crippen molar-refractivity contribution in [2.45, 2.75) is 0 Å². The van der Waals surface area contributed by atoms with E-state index in [4.69, 9.17) is 0 Å². The van der Waals surface area contributed by atoms with Crippen LogP contribution in [0.4, 0.5) is 0 Å². The molecule has 0 unspecified atom stereocenters. The zero-order valence-electron chi connectivity index (χ0n) is 24.0. The van der Waals surface area contributed by atoms with Gasteiger partial charge in [0.1, 0.15) is 0 Å². The van der Waals surface area contributed by atoms with E-state index in [2.05, 4.69) is 158 Å². The molecule has 0 saturated heterocycles. The molecule has 0 fully saturated rings. The summed E-state index contributed by atoms with van der Waals surface area (Å²) >= 11 is 0. The Bertz CT molecular complexity index is 2480. The molecular formula is C44H26. The lowest BCUT2D eigenvalue weighted by atomic mass is 9.82. The largest absolute Gasteiger partial charge is 0.0622 e. The second-order valence-corrected chi connectivity index (χ2v) is 12.0. The number of benzene rings is 8. The Hall–Kier alpha value is -5.72. The highest BCUT2D eigenvalue weighted by atomic mass is 14.3. The number of fused-ring (bicyclic) bond motifs is 6. The summed E-state index contributed by atoms with van der Waals surface area (Å²) in [6, 6.07) is 58.4. The monoisotopic (exact) mass is 554 g/mol. The fourth-order valence-electron chi connectivity index (χ4n) is 8.00. The molecule has 0 nitrogen and oxygen atoms in total. The molecule has 8 aromatic carbocycles. The molecule has 0 N–H and O–H groups in total. The SMILES string of the molecule is c1ccc(-c2cccc(-c3ccc4cccc5c4c3-c3ccccc3-5)c2-c2ccc3cccc4c3c2-c2ccccc2-4)cc1. The van der Waals surface area contributed by atoms with Crippen LogP contribution in [0.25, 0.3) is 99.4 Å². The smallest absolute Gasteiger partial charge is 0.00139 e. The first-order valence-corrected chi connectivity index (χ1v) is 15.4. The van der Waals surface area contributed by atoms with Gasteiger partial charge in [-0.15, -0.1) is 0 Å². The minimum atomic E-state index is 1.23. The van der Waals surface area contributed by atoms with Gasteiger partial charge in [0.25, 0.3) is 0 Å². The molecule has 0 spiro atoms. The molecule has 0 aromatic heterocycles. The lowest BCUT2D eigenvalue weighted by molar-refractivity contribution is 1.57. The molecule has 0 amide bonds. The van der Waals surface area contributed by atoms with Crippen molar-refractivity contribution >= 4 is 21.5 Å². The van der Waals surface area contributed by atoms with E-state index in [1.165, 1.54) is 99.4 Å². The van der Waals surface area contributed by atoms with Crippen molar-refractivity contribution in [2.24, 2.45) is 0 Å². The fourth-order valence-corrected chi connectivity index (χ4v) is 8.00. The van der Waals surface area contributed by atoms with Crippen LogP contribution >= 0.6 is 0 Å². The van der Waals surface area contributed by atoms with Gasteiger partial charge in [0.15, 0.2) is 0 Å². The van der Waals surface area contributed by atoms with Crippen molar-refractivity contribution in [1.82, 2.24) is 0 Å². The summed E-state index contributed by atoms with van der Waals surface area (Å²) in [5.74, 6) is 0. The van der Waals surface area contributed by atoms with E-state index >= 15 is 0 Å². The highest BCUT2D eigenvalue weighted by molar-refractivity contribution is 6.23. The standard InChI is InChI=1S/C44H26/c1-2-11-27(12-3-1)30-19-10-22-37(38-25-23-28-13-8-20-33-31-15-4-6-17-35(31)43(38)40(28)33)42(30)39-26-24-29-14-9-21-34-32-16-5-7-18-36(32)44(39)41(29)34/h1-26H. The molecule has 0 radical (unpaired) electrons. The van der Waals surface area contributed by atoms with Crippen LogP contribution in [0.2, 0.25) is 0 Å². The summed E-state index contributed by atoms with van der Waals surface area (Å²) in [5, 5.41) is 5.30.